The van der Waals surface area contributed by atoms with Crippen molar-refractivity contribution in [2.75, 3.05) is 25.2 Å². The Bertz CT molecular complexity index is 1030. The second kappa shape index (κ2) is 9.63. The molecule has 2 N–H and O–H groups in total. The van der Waals surface area contributed by atoms with Gasteiger partial charge in [0.15, 0.2) is 0 Å². The molecule has 0 spiro atoms. The number of hydrogen-bond acceptors (Lipinski definition) is 5. The van der Waals surface area contributed by atoms with Crippen LogP contribution in [0.15, 0.2) is 59.8 Å². The van der Waals surface area contributed by atoms with Gasteiger partial charge in [-0.25, -0.2) is 14.4 Å². The Labute approximate surface area is 184 Å². The summed E-state index contributed by atoms with van der Waals surface area (Å²) in [5.41, 5.74) is 1.71. The lowest BCUT2D eigenvalue weighted by molar-refractivity contribution is -0.140. The first-order chi connectivity index (χ1) is 14.8. The van der Waals surface area contributed by atoms with Gasteiger partial charge in [0.25, 0.3) is 0 Å². The van der Waals surface area contributed by atoms with E-state index in [0.29, 0.717) is 22.0 Å². The molecule has 0 radical (unpaired) electrons. The van der Waals surface area contributed by atoms with Gasteiger partial charge >= 0.3 is 18.0 Å². The molecule has 1 aliphatic heterocycles. The van der Waals surface area contributed by atoms with Crippen molar-refractivity contribution in [3.63, 3.8) is 0 Å². The first-order valence-corrected chi connectivity index (χ1v) is 9.77. The van der Waals surface area contributed by atoms with E-state index in [1.165, 1.54) is 36.3 Å². The van der Waals surface area contributed by atoms with Gasteiger partial charge in [0.1, 0.15) is 6.61 Å². The molecule has 0 fully saturated rings. The van der Waals surface area contributed by atoms with Crippen molar-refractivity contribution in [2.24, 2.45) is 0 Å². The molecule has 0 saturated heterocycles. The largest absolute Gasteiger partial charge is 0.478 e. The molecule has 162 valence electrons. The number of methoxy groups -OCH3 is 1. The summed E-state index contributed by atoms with van der Waals surface area (Å²) in [6.07, 6.45) is 0. The van der Waals surface area contributed by atoms with Crippen LogP contribution in [0.4, 0.5) is 10.5 Å². The fourth-order valence-electron chi connectivity index (χ4n) is 3.30. The first kappa shape index (κ1) is 22.3. The molecule has 0 aliphatic carbocycles. The molecule has 1 aliphatic rings. The number of amides is 2. The van der Waals surface area contributed by atoms with Gasteiger partial charge in [0, 0.05) is 17.8 Å². The van der Waals surface area contributed by atoms with E-state index in [1.807, 2.05) is 0 Å². The van der Waals surface area contributed by atoms with Crippen LogP contribution in [0.1, 0.15) is 28.9 Å². The molecule has 0 aromatic heterocycles. The Morgan fingerprint density at radius 2 is 1.87 bits per heavy atom. The zero-order valence-electron chi connectivity index (χ0n) is 16.9. The topological polar surface area (TPSA) is 105 Å². The van der Waals surface area contributed by atoms with Crippen molar-refractivity contribution in [3.05, 3.63) is 76.0 Å². The molecule has 0 bridgehead atoms. The van der Waals surface area contributed by atoms with Crippen LogP contribution in [0, 0.1) is 0 Å². The van der Waals surface area contributed by atoms with Gasteiger partial charge in [-0.2, -0.15) is 0 Å². The van der Waals surface area contributed by atoms with Gasteiger partial charge in [-0.05, 0) is 48.9 Å². The number of allylic oxidation sites excluding steroid dienone is 1. The summed E-state index contributed by atoms with van der Waals surface area (Å²) >= 11 is 6.11. The number of ether oxygens (including phenoxy) is 2. The van der Waals surface area contributed by atoms with E-state index in [2.05, 4.69) is 5.32 Å². The molecule has 2 aromatic carbocycles. The Kier molecular flexibility index (Phi) is 6.94. The van der Waals surface area contributed by atoms with E-state index in [1.54, 1.807) is 31.2 Å². The second-order valence-corrected chi connectivity index (χ2v) is 7.19. The zero-order chi connectivity index (χ0) is 22.5. The van der Waals surface area contributed by atoms with Crippen LogP contribution in [-0.4, -0.2) is 43.4 Å². The maximum Gasteiger partial charge on any atom is 0.338 e. The minimum absolute atomic E-state index is 0.0512. The Morgan fingerprint density at radius 1 is 1.16 bits per heavy atom. The van der Waals surface area contributed by atoms with Crippen LogP contribution in [0.3, 0.4) is 0 Å². The predicted molar refractivity (Wildman–Crippen MR) is 114 cm³/mol. The van der Waals surface area contributed by atoms with Crippen molar-refractivity contribution in [1.82, 2.24) is 5.32 Å². The third kappa shape index (κ3) is 4.87. The molecule has 9 heteroatoms. The highest BCUT2D eigenvalue weighted by atomic mass is 35.5. The maximum absolute atomic E-state index is 13.0. The van der Waals surface area contributed by atoms with Gasteiger partial charge < -0.3 is 19.9 Å². The van der Waals surface area contributed by atoms with E-state index in [4.69, 9.17) is 26.2 Å². The Morgan fingerprint density at radius 3 is 2.48 bits per heavy atom. The predicted octanol–water partition coefficient (Wildman–Crippen LogP) is 3.77. The number of carbonyl (C=O) groups is 3. The smallest absolute Gasteiger partial charge is 0.338 e. The Hall–Kier alpha value is -3.36. The minimum atomic E-state index is -1.08. The zero-order valence-corrected chi connectivity index (χ0v) is 17.7. The molecule has 1 unspecified atom stereocenters. The van der Waals surface area contributed by atoms with Gasteiger partial charge in [-0.3, -0.25) is 4.90 Å². The maximum atomic E-state index is 13.0. The average molecular weight is 445 g/mol. The summed E-state index contributed by atoms with van der Waals surface area (Å²) in [7, 11) is 1.50. The summed E-state index contributed by atoms with van der Waals surface area (Å²) in [5, 5.41) is 12.4. The molecule has 0 saturated carbocycles. The normalized spacial score (nSPS) is 16.2. The number of benzene rings is 2. The molecule has 2 aromatic rings. The molecule has 1 heterocycles. The van der Waals surface area contributed by atoms with Gasteiger partial charge in [-0.1, -0.05) is 23.7 Å². The molecule has 3 rings (SSSR count). The van der Waals surface area contributed by atoms with Gasteiger partial charge in [0.05, 0.1) is 29.5 Å². The number of urea groups is 1. The first-order valence-electron chi connectivity index (χ1n) is 9.39. The third-order valence-electron chi connectivity index (χ3n) is 4.78. The second-order valence-electron chi connectivity index (χ2n) is 6.75. The summed E-state index contributed by atoms with van der Waals surface area (Å²) in [6.45, 7) is 1.91. The number of hydrogen-bond donors (Lipinski definition) is 2. The van der Waals surface area contributed by atoms with E-state index in [0.717, 1.165) is 0 Å². The monoisotopic (exact) mass is 444 g/mol. The number of carboxylic acid groups (broad SMARTS) is 1. The molecular weight excluding hydrogens is 424 g/mol. The molecule has 2 amide bonds. The minimum Gasteiger partial charge on any atom is -0.478 e. The highest BCUT2D eigenvalue weighted by molar-refractivity contribution is 6.30. The van der Waals surface area contributed by atoms with Crippen LogP contribution >= 0.6 is 11.6 Å². The van der Waals surface area contributed by atoms with Crippen LogP contribution < -0.4 is 10.2 Å². The van der Waals surface area contributed by atoms with Crippen molar-refractivity contribution in [1.29, 1.82) is 0 Å². The van der Waals surface area contributed by atoms with Crippen molar-refractivity contribution < 1.29 is 29.0 Å². The summed E-state index contributed by atoms with van der Waals surface area (Å²) < 4.78 is 10.3. The van der Waals surface area contributed by atoms with Crippen molar-refractivity contribution >= 4 is 35.3 Å². The van der Waals surface area contributed by atoms with Crippen molar-refractivity contribution in [3.8, 4) is 0 Å². The van der Waals surface area contributed by atoms with Crippen LogP contribution in [0.5, 0.6) is 0 Å². The third-order valence-corrected chi connectivity index (χ3v) is 5.01. The van der Waals surface area contributed by atoms with E-state index in [-0.39, 0.29) is 24.4 Å². The molecular formula is C22H21ClN2O6. The molecule has 31 heavy (non-hydrogen) atoms. The molecule has 8 nitrogen and oxygen atoms in total. The number of carbonyl (C=O) groups excluding carboxylic acids is 2. The number of rotatable bonds is 7. The van der Waals surface area contributed by atoms with Crippen LogP contribution in [-0.2, 0) is 14.3 Å². The van der Waals surface area contributed by atoms with Gasteiger partial charge in [0.2, 0.25) is 0 Å². The van der Waals surface area contributed by atoms with Crippen LogP contribution in [0.25, 0.3) is 0 Å². The number of nitrogens with zero attached hydrogens (tertiary/aromatic N) is 1. The number of anilines is 1. The highest BCUT2D eigenvalue weighted by Crippen LogP contribution is 2.34. The lowest BCUT2D eigenvalue weighted by atomic mass is 9.94. The fraction of sp³-hybridized carbons (Fsp3) is 0.227. The lowest BCUT2D eigenvalue weighted by Gasteiger charge is -2.35. The average Bonchev–Trinajstić information content (AvgIpc) is 2.73. The number of carboxylic acids is 1. The van der Waals surface area contributed by atoms with E-state index < -0.39 is 24.0 Å². The summed E-state index contributed by atoms with van der Waals surface area (Å²) in [6, 6.07) is 11.4. The SMILES string of the molecule is COCCOC(=O)C1=C(C)N(c2ccc(C(=O)O)cc2)C(=O)NC1c1cccc(Cl)c1. The summed E-state index contributed by atoms with van der Waals surface area (Å²) in [4.78, 5) is 38.4. The lowest BCUT2D eigenvalue weighted by Crippen LogP contribution is -2.48. The Balaban J connectivity index is 2.06. The van der Waals surface area contributed by atoms with E-state index in [9.17, 15) is 14.4 Å². The number of halogens is 1. The van der Waals surface area contributed by atoms with Gasteiger partial charge in [-0.15, -0.1) is 0 Å². The van der Waals surface area contributed by atoms with Crippen LogP contribution in [0.2, 0.25) is 5.02 Å². The van der Waals surface area contributed by atoms with E-state index >= 15 is 0 Å². The highest BCUT2D eigenvalue weighted by Gasteiger charge is 2.37. The van der Waals surface area contributed by atoms with Crippen molar-refractivity contribution in [2.45, 2.75) is 13.0 Å². The number of esters is 1. The quantitative estimate of drug-likeness (QED) is 0.497. The fourth-order valence-corrected chi connectivity index (χ4v) is 3.50. The number of aromatic carboxylic acids is 1. The summed E-state index contributed by atoms with van der Waals surface area (Å²) in [5.74, 6) is -1.68. The standard InChI is InChI=1S/C22H21ClN2O6/c1-13-18(21(28)31-11-10-30-2)19(15-4-3-5-16(23)12-15)24-22(29)25(13)17-8-6-14(7-9-17)20(26)27/h3-9,12,19H,10-11H2,1-2H3,(H,24,29)(H,26,27). The molecule has 1 atom stereocenters. The number of nitrogens with one attached hydrogen (secondary N) is 1.